The topological polar surface area (TPSA) is 37.9 Å². The normalized spacial score (nSPS) is 13.3. The first-order valence-corrected chi connectivity index (χ1v) is 21.7. The molecule has 63 heavy (non-hydrogen) atoms. The van der Waals surface area contributed by atoms with E-state index in [0.29, 0.717) is 0 Å². The maximum absolute atomic E-state index is 7.17. The number of fused-ring (bicyclic) bond motifs is 11. The number of rotatable bonds is 6. The highest BCUT2D eigenvalue weighted by Gasteiger charge is 2.35. The van der Waals surface area contributed by atoms with Gasteiger partial charge in [0.2, 0.25) is 0 Å². The van der Waals surface area contributed by atoms with Crippen molar-refractivity contribution in [3.05, 3.63) is 205 Å². The third-order valence-electron chi connectivity index (χ3n) is 13.5. The van der Waals surface area contributed by atoms with Gasteiger partial charge in [0.15, 0.2) is 0 Å². The van der Waals surface area contributed by atoms with Crippen molar-refractivity contribution >= 4 is 78.1 Å². The SMILES string of the molecule is C=Nc1c(/N=C(\C)c2cccc(-c3cccc(-c4cccc5c4oc4c(-c6ccc7c(c6)C(C)(C)c6ccccc6-7)cc6ccccc6c45)c3)c2)c2ccccc2c2ccccc12. The van der Waals surface area contributed by atoms with Crippen molar-refractivity contribution in [2.24, 2.45) is 9.98 Å². The Kier molecular flexibility index (Phi) is 8.26. The zero-order chi connectivity index (χ0) is 42.4. The Bertz CT molecular complexity index is 3750. The van der Waals surface area contributed by atoms with Crippen molar-refractivity contribution in [3.8, 4) is 44.5 Å². The molecule has 0 amide bonds. The average molecular weight is 807 g/mol. The molecule has 0 unspecified atom stereocenters. The van der Waals surface area contributed by atoms with Crippen LogP contribution in [0, 0.1) is 0 Å². The van der Waals surface area contributed by atoms with E-state index in [1.54, 1.807) is 0 Å². The first kappa shape index (κ1) is 36.9. The number of hydrogen-bond acceptors (Lipinski definition) is 3. The molecule has 0 saturated carbocycles. The summed E-state index contributed by atoms with van der Waals surface area (Å²) in [5.74, 6) is 0. The van der Waals surface area contributed by atoms with E-state index in [1.807, 2.05) is 6.07 Å². The van der Waals surface area contributed by atoms with E-state index < -0.39 is 0 Å². The molecule has 0 fully saturated rings. The van der Waals surface area contributed by atoms with Gasteiger partial charge >= 0.3 is 0 Å². The lowest BCUT2D eigenvalue weighted by Crippen LogP contribution is -2.14. The Labute approximate surface area is 366 Å². The molecule has 0 N–H and O–H groups in total. The van der Waals surface area contributed by atoms with E-state index >= 15 is 0 Å². The van der Waals surface area contributed by atoms with Gasteiger partial charge in [0.25, 0.3) is 0 Å². The van der Waals surface area contributed by atoms with Gasteiger partial charge in [-0.1, -0.05) is 178 Å². The van der Waals surface area contributed by atoms with Crippen molar-refractivity contribution in [3.63, 3.8) is 0 Å². The summed E-state index contributed by atoms with van der Waals surface area (Å²) in [5.41, 5.74) is 17.3. The van der Waals surface area contributed by atoms with Gasteiger partial charge in [-0.3, -0.25) is 9.98 Å². The van der Waals surface area contributed by atoms with Crippen LogP contribution in [0.1, 0.15) is 37.5 Å². The quantitative estimate of drug-likeness (QED) is 0.122. The number of nitrogens with zero attached hydrogens (tertiary/aromatic N) is 2. The summed E-state index contributed by atoms with van der Waals surface area (Å²) < 4.78 is 7.17. The molecule has 1 aromatic heterocycles. The molecule has 0 atom stereocenters. The summed E-state index contributed by atoms with van der Waals surface area (Å²) in [5, 5.41) is 9.06. The Morgan fingerprint density at radius 1 is 0.444 bits per heavy atom. The monoisotopic (exact) mass is 806 g/mol. The molecular formula is C60H42N2O. The second-order valence-corrected chi connectivity index (χ2v) is 17.4. The van der Waals surface area contributed by atoms with Gasteiger partial charge in [-0.25, -0.2) is 0 Å². The number of hydrogen-bond donors (Lipinski definition) is 0. The highest BCUT2D eigenvalue weighted by Crippen LogP contribution is 2.51. The molecule has 3 nitrogen and oxygen atoms in total. The molecule has 11 aromatic rings. The fourth-order valence-electron chi connectivity index (χ4n) is 10.4. The minimum absolute atomic E-state index is 0.104. The summed E-state index contributed by atoms with van der Waals surface area (Å²) >= 11 is 0. The average Bonchev–Trinajstić information content (AvgIpc) is 3.84. The lowest BCUT2D eigenvalue weighted by atomic mass is 9.81. The fraction of sp³-hybridized carbons (Fsp3) is 0.0667. The van der Waals surface area contributed by atoms with Crippen LogP contribution in [0.5, 0.6) is 0 Å². The number of benzene rings is 10. The van der Waals surface area contributed by atoms with Gasteiger partial charge in [-0.05, 0) is 110 Å². The van der Waals surface area contributed by atoms with Crippen molar-refractivity contribution in [2.75, 3.05) is 0 Å². The Balaban J connectivity index is 0.970. The molecule has 3 heteroatoms. The predicted octanol–water partition coefficient (Wildman–Crippen LogP) is 16.8. The van der Waals surface area contributed by atoms with Crippen LogP contribution in [0.3, 0.4) is 0 Å². The largest absolute Gasteiger partial charge is 0.455 e. The van der Waals surface area contributed by atoms with E-state index in [0.717, 1.165) is 99.5 Å². The molecule has 298 valence electrons. The van der Waals surface area contributed by atoms with Crippen LogP contribution in [0.2, 0.25) is 0 Å². The van der Waals surface area contributed by atoms with Gasteiger partial charge in [-0.2, -0.15) is 0 Å². The van der Waals surface area contributed by atoms with Gasteiger partial charge < -0.3 is 4.42 Å². The fourth-order valence-corrected chi connectivity index (χ4v) is 10.4. The summed E-state index contributed by atoms with van der Waals surface area (Å²) in [6.45, 7) is 10.7. The Morgan fingerprint density at radius 3 is 1.83 bits per heavy atom. The molecule has 0 bridgehead atoms. The zero-order valence-electron chi connectivity index (χ0n) is 35.4. The standard InChI is InChI=1S/C60H42N2O/c1-36(62-57-50-26-10-8-23-46(50)45-22-7-9-25-49(45)56(57)61-4)37-17-13-18-38(32-37)39-19-14-20-40(33-39)44-27-15-28-51-55-43-21-6-5-16-41(43)34-52(59(55)63-58(44)51)42-30-31-48-47-24-11-12-29-53(47)60(2,3)54(48)35-42/h5-35H,4H2,1-3H3/b62-36+. The van der Waals surface area contributed by atoms with E-state index in [4.69, 9.17) is 9.41 Å². The molecule has 0 radical (unpaired) electrons. The third-order valence-corrected chi connectivity index (χ3v) is 13.5. The van der Waals surface area contributed by atoms with Crippen molar-refractivity contribution in [2.45, 2.75) is 26.2 Å². The molecule has 12 rings (SSSR count). The lowest BCUT2D eigenvalue weighted by molar-refractivity contribution is 0.660. The van der Waals surface area contributed by atoms with Crippen molar-refractivity contribution < 1.29 is 4.42 Å². The van der Waals surface area contributed by atoms with Crippen LogP contribution in [0.25, 0.3) is 98.8 Å². The van der Waals surface area contributed by atoms with Crippen LogP contribution in [0.4, 0.5) is 11.4 Å². The lowest BCUT2D eigenvalue weighted by Gasteiger charge is -2.22. The molecule has 1 heterocycles. The second kappa shape index (κ2) is 14.1. The molecule has 1 aliphatic carbocycles. The van der Waals surface area contributed by atoms with Crippen LogP contribution in [-0.4, -0.2) is 12.4 Å². The van der Waals surface area contributed by atoms with Gasteiger partial charge in [0.1, 0.15) is 11.2 Å². The zero-order valence-corrected chi connectivity index (χ0v) is 35.4. The minimum Gasteiger partial charge on any atom is -0.455 e. The van der Waals surface area contributed by atoms with Crippen LogP contribution >= 0.6 is 0 Å². The summed E-state index contributed by atoms with van der Waals surface area (Å²) in [4.78, 5) is 9.82. The molecule has 1 aliphatic rings. The predicted molar refractivity (Wildman–Crippen MR) is 268 cm³/mol. The van der Waals surface area contributed by atoms with Crippen LogP contribution < -0.4 is 0 Å². The Morgan fingerprint density at radius 2 is 1.03 bits per heavy atom. The highest BCUT2D eigenvalue weighted by molar-refractivity contribution is 6.24. The second-order valence-electron chi connectivity index (χ2n) is 17.4. The van der Waals surface area contributed by atoms with Crippen LogP contribution in [-0.2, 0) is 5.41 Å². The number of para-hydroxylation sites is 1. The summed E-state index contributed by atoms with van der Waals surface area (Å²) in [6.07, 6.45) is 0. The van der Waals surface area contributed by atoms with E-state index in [-0.39, 0.29) is 5.41 Å². The minimum atomic E-state index is -0.104. The first-order valence-electron chi connectivity index (χ1n) is 21.7. The van der Waals surface area contributed by atoms with Crippen molar-refractivity contribution in [1.29, 1.82) is 0 Å². The molecule has 0 saturated heterocycles. The number of furan rings is 1. The summed E-state index contributed by atoms with van der Waals surface area (Å²) in [6, 6.07) is 67.7. The van der Waals surface area contributed by atoms with Crippen molar-refractivity contribution in [1.82, 2.24) is 0 Å². The maximum Gasteiger partial charge on any atom is 0.143 e. The third kappa shape index (κ3) is 5.66. The molecular weight excluding hydrogens is 765 g/mol. The van der Waals surface area contributed by atoms with E-state index in [9.17, 15) is 0 Å². The van der Waals surface area contributed by atoms with Gasteiger partial charge in [0, 0.05) is 43.8 Å². The maximum atomic E-state index is 7.17. The molecule has 0 spiro atoms. The molecule has 0 aliphatic heterocycles. The van der Waals surface area contributed by atoms with Gasteiger partial charge in [0.05, 0.1) is 11.4 Å². The smallest absolute Gasteiger partial charge is 0.143 e. The highest BCUT2D eigenvalue weighted by atomic mass is 16.3. The van der Waals surface area contributed by atoms with E-state index in [2.05, 4.69) is 214 Å². The summed E-state index contributed by atoms with van der Waals surface area (Å²) in [7, 11) is 0. The van der Waals surface area contributed by atoms with Crippen LogP contribution in [0.15, 0.2) is 202 Å². The van der Waals surface area contributed by atoms with Gasteiger partial charge in [-0.15, -0.1) is 0 Å². The van der Waals surface area contributed by atoms with E-state index in [1.165, 1.54) is 33.0 Å². The Hall–Kier alpha value is -7.88. The molecule has 10 aromatic carbocycles. The number of aliphatic imine (C=N–C) groups is 2. The first-order chi connectivity index (χ1) is 30.9.